The van der Waals surface area contributed by atoms with Gasteiger partial charge in [0.1, 0.15) is 0 Å². The number of aromatic nitrogens is 3. The van der Waals surface area contributed by atoms with Crippen LogP contribution in [0.4, 0.5) is 27.9 Å². The normalized spacial score (nSPS) is 16.8. The molecule has 2 aliphatic carbocycles. The van der Waals surface area contributed by atoms with Crippen LogP contribution in [-0.2, 0) is 0 Å². The van der Waals surface area contributed by atoms with Gasteiger partial charge in [-0.25, -0.2) is 4.39 Å². The number of nitrogens with zero attached hydrogens (tertiary/aromatic N) is 4. The standard InChI is InChI=1S/C16H19FN6O/c1-24-13-7-6-11(8-12(13)17)23(10-4-5-10)16-21-14(18)20-15(22-16)19-9-2-3-9/h6-10H,2-5H2,1H3,(H3,18,19,20,21,22). The molecule has 1 heterocycles. The van der Waals surface area contributed by atoms with Gasteiger partial charge in [-0.1, -0.05) is 0 Å². The van der Waals surface area contributed by atoms with Crippen LogP contribution >= 0.6 is 0 Å². The van der Waals surface area contributed by atoms with Crippen molar-refractivity contribution in [1.29, 1.82) is 0 Å². The van der Waals surface area contributed by atoms with E-state index in [-0.39, 0.29) is 17.7 Å². The third kappa shape index (κ3) is 3.04. The van der Waals surface area contributed by atoms with Crippen molar-refractivity contribution in [3.05, 3.63) is 24.0 Å². The average Bonchev–Trinajstić information content (AvgIpc) is 3.43. The van der Waals surface area contributed by atoms with E-state index in [9.17, 15) is 4.39 Å². The summed E-state index contributed by atoms with van der Waals surface area (Å²) >= 11 is 0. The van der Waals surface area contributed by atoms with E-state index in [0.29, 0.717) is 23.6 Å². The number of ether oxygens (including phenoxy) is 1. The maximum Gasteiger partial charge on any atom is 0.236 e. The summed E-state index contributed by atoms with van der Waals surface area (Å²) in [7, 11) is 1.44. The fraction of sp³-hybridized carbons (Fsp3) is 0.438. The Kier molecular flexibility index (Phi) is 3.59. The highest BCUT2D eigenvalue weighted by molar-refractivity contribution is 5.62. The molecule has 4 rings (SSSR count). The van der Waals surface area contributed by atoms with Crippen molar-refractivity contribution < 1.29 is 9.13 Å². The van der Waals surface area contributed by atoms with E-state index < -0.39 is 5.82 Å². The van der Waals surface area contributed by atoms with Crippen LogP contribution in [0.25, 0.3) is 0 Å². The minimum absolute atomic E-state index is 0.155. The van der Waals surface area contributed by atoms with E-state index in [2.05, 4.69) is 20.3 Å². The molecule has 0 bridgehead atoms. The molecule has 2 saturated carbocycles. The predicted octanol–water partition coefficient (Wildman–Crippen LogP) is 2.48. The molecular weight excluding hydrogens is 311 g/mol. The highest BCUT2D eigenvalue weighted by Gasteiger charge is 2.33. The third-order valence-corrected chi connectivity index (χ3v) is 4.09. The van der Waals surface area contributed by atoms with Crippen molar-refractivity contribution in [1.82, 2.24) is 15.0 Å². The lowest BCUT2D eigenvalue weighted by Gasteiger charge is -2.23. The summed E-state index contributed by atoms with van der Waals surface area (Å²) < 4.78 is 19.1. The molecule has 0 aliphatic heterocycles. The van der Waals surface area contributed by atoms with E-state index in [1.807, 2.05) is 4.90 Å². The number of benzene rings is 1. The third-order valence-electron chi connectivity index (χ3n) is 4.09. The van der Waals surface area contributed by atoms with Crippen LogP contribution < -0.4 is 20.7 Å². The van der Waals surface area contributed by atoms with Gasteiger partial charge in [0.2, 0.25) is 17.8 Å². The SMILES string of the molecule is COc1ccc(N(c2nc(N)nc(NC3CC3)n2)C2CC2)cc1F. The molecule has 24 heavy (non-hydrogen) atoms. The second kappa shape index (κ2) is 5.77. The molecule has 3 N–H and O–H groups in total. The molecule has 2 aliphatic rings. The maximum atomic E-state index is 14.1. The van der Waals surface area contributed by atoms with Gasteiger partial charge in [0.25, 0.3) is 0 Å². The summed E-state index contributed by atoms with van der Waals surface area (Å²) in [4.78, 5) is 14.8. The zero-order valence-electron chi connectivity index (χ0n) is 13.4. The molecule has 0 amide bonds. The lowest BCUT2D eigenvalue weighted by Crippen LogP contribution is -2.23. The smallest absolute Gasteiger partial charge is 0.236 e. The number of halogens is 1. The number of hydrogen-bond donors (Lipinski definition) is 2. The van der Waals surface area contributed by atoms with Crippen molar-refractivity contribution >= 4 is 23.5 Å². The van der Waals surface area contributed by atoms with Crippen molar-refractivity contribution in [3.8, 4) is 5.75 Å². The van der Waals surface area contributed by atoms with Gasteiger partial charge in [-0.2, -0.15) is 15.0 Å². The number of anilines is 4. The molecule has 0 atom stereocenters. The zero-order chi connectivity index (χ0) is 16.7. The van der Waals surface area contributed by atoms with E-state index in [1.165, 1.54) is 13.2 Å². The lowest BCUT2D eigenvalue weighted by molar-refractivity contribution is 0.386. The van der Waals surface area contributed by atoms with Gasteiger partial charge < -0.3 is 20.7 Å². The van der Waals surface area contributed by atoms with Gasteiger partial charge in [0.05, 0.1) is 7.11 Å². The zero-order valence-corrected chi connectivity index (χ0v) is 13.4. The minimum atomic E-state index is -0.418. The quantitative estimate of drug-likeness (QED) is 0.841. The van der Waals surface area contributed by atoms with Crippen LogP contribution in [0.1, 0.15) is 25.7 Å². The van der Waals surface area contributed by atoms with Crippen molar-refractivity contribution in [3.63, 3.8) is 0 Å². The van der Waals surface area contributed by atoms with Crippen LogP contribution in [0.3, 0.4) is 0 Å². The Bertz CT molecular complexity index is 762. The topological polar surface area (TPSA) is 89.2 Å². The van der Waals surface area contributed by atoms with E-state index in [4.69, 9.17) is 10.5 Å². The highest BCUT2D eigenvalue weighted by atomic mass is 19.1. The molecule has 0 unspecified atom stereocenters. The molecule has 8 heteroatoms. The minimum Gasteiger partial charge on any atom is -0.494 e. The van der Waals surface area contributed by atoms with Crippen LogP contribution in [0.2, 0.25) is 0 Å². The monoisotopic (exact) mass is 330 g/mol. The van der Waals surface area contributed by atoms with Gasteiger partial charge in [-0.3, -0.25) is 0 Å². The van der Waals surface area contributed by atoms with E-state index >= 15 is 0 Å². The van der Waals surface area contributed by atoms with Gasteiger partial charge in [0, 0.05) is 23.8 Å². The maximum absolute atomic E-state index is 14.1. The number of nitrogens with two attached hydrogens (primary N) is 1. The first-order valence-electron chi connectivity index (χ1n) is 8.05. The summed E-state index contributed by atoms with van der Waals surface area (Å²) in [6.07, 6.45) is 4.23. The first kappa shape index (κ1) is 14.9. The molecule has 2 aromatic rings. The lowest BCUT2D eigenvalue weighted by atomic mass is 10.2. The van der Waals surface area contributed by atoms with E-state index in [0.717, 1.165) is 25.7 Å². The molecule has 0 radical (unpaired) electrons. The fourth-order valence-electron chi connectivity index (χ4n) is 2.59. The summed E-state index contributed by atoms with van der Waals surface area (Å²) in [5, 5.41) is 3.23. The average molecular weight is 330 g/mol. The number of nitrogen functional groups attached to an aromatic ring is 1. The molecule has 1 aromatic carbocycles. The Labute approximate surface area is 139 Å². The molecule has 0 saturated heterocycles. The van der Waals surface area contributed by atoms with Crippen LogP contribution in [0.5, 0.6) is 5.75 Å². The molecule has 126 valence electrons. The number of nitrogens with one attached hydrogen (secondary N) is 1. The highest BCUT2D eigenvalue weighted by Crippen LogP contribution is 2.38. The summed E-state index contributed by atoms with van der Waals surface area (Å²) in [6, 6.07) is 5.49. The number of rotatable bonds is 6. The van der Waals surface area contributed by atoms with Crippen LogP contribution in [-0.4, -0.2) is 34.1 Å². The van der Waals surface area contributed by atoms with Crippen LogP contribution in [0.15, 0.2) is 18.2 Å². The first-order valence-corrected chi connectivity index (χ1v) is 8.05. The summed E-state index contributed by atoms with van der Waals surface area (Å²) in [5.74, 6) is 0.861. The Hall–Kier alpha value is -2.64. The van der Waals surface area contributed by atoms with Crippen LogP contribution in [0, 0.1) is 5.82 Å². The Morgan fingerprint density at radius 1 is 1.21 bits per heavy atom. The fourth-order valence-corrected chi connectivity index (χ4v) is 2.59. The summed E-state index contributed by atoms with van der Waals surface area (Å²) in [6.45, 7) is 0. The van der Waals surface area contributed by atoms with Gasteiger partial charge in [0.15, 0.2) is 11.6 Å². The van der Waals surface area contributed by atoms with E-state index in [1.54, 1.807) is 12.1 Å². The predicted molar refractivity (Wildman–Crippen MR) is 89.0 cm³/mol. The largest absolute Gasteiger partial charge is 0.494 e. The van der Waals surface area contributed by atoms with Crippen molar-refractivity contribution in [2.24, 2.45) is 0 Å². The van der Waals surface area contributed by atoms with Gasteiger partial charge in [-0.05, 0) is 37.8 Å². The van der Waals surface area contributed by atoms with Gasteiger partial charge in [-0.15, -0.1) is 0 Å². The van der Waals surface area contributed by atoms with Crippen molar-refractivity contribution in [2.75, 3.05) is 23.1 Å². The van der Waals surface area contributed by atoms with Crippen molar-refractivity contribution in [2.45, 2.75) is 37.8 Å². The first-order chi connectivity index (χ1) is 11.6. The van der Waals surface area contributed by atoms with Gasteiger partial charge >= 0.3 is 0 Å². The molecule has 7 nitrogen and oxygen atoms in total. The number of methoxy groups -OCH3 is 1. The number of hydrogen-bond acceptors (Lipinski definition) is 7. The second-order valence-corrected chi connectivity index (χ2v) is 6.16. The Morgan fingerprint density at radius 2 is 2.00 bits per heavy atom. The molecular formula is C16H19FN6O. The second-order valence-electron chi connectivity index (χ2n) is 6.16. The molecule has 2 fully saturated rings. The molecule has 1 aromatic heterocycles. The summed E-state index contributed by atoms with van der Waals surface area (Å²) in [5.41, 5.74) is 6.52. The Morgan fingerprint density at radius 3 is 2.62 bits per heavy atom. The Balaban J connectivity index is 1.70. The molecule has 0 spiro atoms.